The van der Waals surface area contributed by atoms with E-state index in [1.165, 1.54) is 16.9 Å². The van der Waals surface area contributed by atoms with Crippen molar-refractivity contribution in [2.45, 2.75) is 6.92 Å². The minimum Gasteiger partial charge on any atom is -0.497 e. The molecule has 0 spiro atoms. The van der Waals surface area contributed by atoms with Crippen molar-refractivity contribution in [1.82, 2.24) is 19.8 Å². The van der Waals surface area contributed by atoms with Crippen molar-refractivity contribution in [3.63, 3.8) is 0 Å². The molecule has 2 aromatic heterocycles. The monoisotopic (exact) mass is 322 g/mol. The van der Waals surface area contributed by atoms with Gasteiger partial charge in [0.1, 0.15) is 10.8 Å². The van der Waals surface area contributed by atoms with Crippen LogP contribution in [-0.2, 0) is 0 Å². The van der Waals surface area contributed by atoms with Crippen molar-refractivity contribution in [3.8, 4) is 27.7 Å². The fourth-order valence-corrected chi connectivity index (χ4v) is 3.22. The van der Waals surface area contributed by atoms with Crippen LogP contribution in [0.3, 0.4) is 0 Å². The minimum atomic E-state index is 0.716. The molecule has 6 heteroatoms. The minimum absolute atomic E-state index is 0.716. The van der Waals surface area contributed by atoms with Crippen LogP contribution in [0.2, 0.25) is 0 Å². The highest BCUT2D eigenvalue weighted by atomic mass is 32.1. The number of aromatic nitrogens is 4. The second-order valence-electron chi connectivity index (χ2n) is 5.22. The zero-order valence-electron chi connectivity index (χ0n) is 12.7. The molecule has 0 bridgehead atoms. The van der Waals surface area contributed by atoms with Gasteiger partial charge in [-0.2, -0.15) is 9.61 Å². The first-order valence-electron chi connectivity index (χ1n) is 7.18. The smallest absolute Gasteiger partial charge is 0.235 e. The first-order valence-corrected chi connectivity index (χ1v) is 8.00. The van der Waals surface area contributed by atoms with Gasteiger partial charge in [-0.3, -0.25) is 0 Å². The summed E-state index contributed by atoms with van der Waals surface area (Å²) in [5, 5.41) is 14.1. The Labute approximate surface area is 137 Å². The molecule has 4 aromatic rings. The number of fused-ring (bicyclic) bond motifs is 1. The molecule has 0 amide bonds. The summed E-state index contributed by atoms with van der Waals surface area (Å²) in [4.78, 5) is 0.776. The van der Waals surface area contributed by atoms with E-state index in [9.17, 15) is 0 Å². The van der Waals surface area contributed by atoms with E-state index in [0.717, 1.165) is 26.8 Å². The molecule has 0 unspecified atom stereocenters. The van der Waals surface area contributed by atoms with E-state index in [4.69, 9.17) is 4.74 Å². The Bertz CT molecular complexity index is 972. The van der Waals surface area contributed by atoms with E-state index in [1.807, 2.05) is 24.3 Å². The van der Waals surface area contributed by atoms with Crippen LogP contribution in [-0.4, -0.2) is 26.9 Å². The highest BCUT2D eigenvalue weighted by molar-refractivity contribution is 7.19. The largest absolute Gasteiger partial charge is 0.497 e. The Kier molecular flexibility index (Phi) is 3.31. The van der Waals surface area contributed by atoms with Gasteiger partial charge in [0, 0.05) is 11.1 Å². The summed E-state index contributed by atoms with van der Waals surface area (Å²) < 4.78 is 7.06. The molecule has 0 aliphatic rings. The standard InChI is InChI=1S/C17H14N4OS/c1-11-6-8-12(9-7-11)16-20-21-15(18-19-17(21)23-16)13-4-3-5-14(10-13)22-2/h3-10H,1-2H3. The van der Waals surface area contributed by atoms with Crippen LogP contribution < -0.4 is 4.74 Å². The SMILES string of the molecule is COc1cccc(-c2nnc3sc(-c4ccc(C)cc4)nn23)c1. The van der Waals surface area contributed by atoms with Crippen molar-refractivity contribution in [2.75, 3.05) is 7.11 Å². The van der Waals surface area contributed by atoms with Crippen LogP contribution >= 0.6 is 11.3 Å². The van der Waals surface area contributed by atoms with E-state index >= 15 is 0 Å². The fraction of sp³-hybridized carbons (Fsp3) is 0.118. The van der Waals surface area contributed by atoms with Gasteiger partial charge in [0.25, 0.3) is 0 Å². The summed E-state index contributed by atoms with van der Waals surface area (Å²) in [7, 11) is 1.65. The summed E-state index contributed by atoms with van der Waals surface area (Å²) in [5.41, 5.74) is 3.24. The molecule has 4 rings (SSSR count). The third kappa shape index (κ3) is 2.47. The van der Waals surface area contributed by atoms with E-state index in [1.54, 1.807) is 11.6 Å². The highest BCUT2D eigenvalue weighted by Gasteiger charge is 2.14. The number of methoxy groups -OCH3 is 1. The Hall–Kier alpha value is -2.73. The van der Waals surface area contributed by atoms with Gasteiger partial charge in [0.15, 0.2) is 5.82 Å². The number of hydrogen-bond donors (Lipinski definition) is 0. The van der Waals surface area contributed by atoms with Gasteiger partial charge in [0.2, 0.25) is 4.96 Å². The van der Waals surface area contributed by atoms with Crippen LogP contribution in [0.5, 0.6) is 5.75 Å². The maximum absolute atomic E-state index is 5.28. The summed E-state index contributed by atoms with van der Waals surface area (Å²) in [6, 6.07) is 16.1. The van der Waals surface area contributed by atoms with Gasteiger partial charge in [-0.05, 0) is 19.1 Å². The predicted octanol–water partition coefficient (Wildman–Crippen LogP) is 3.84. The molecule has 0 atom stereocenters. The number of benzene rings is 2. The Morgan fingerprint density at radius 2 is 1.83 bits per heavy atom. The van der Waals surface area contributed by atoms with Crippen molar-refractivity contribution in [3.05, 3.63) is 54.1 Å². The van der Waals surface area contributed by atoms with Gasteiger partial charge in [-0.1, -0.05) is 53.3 Å². The van der Waals surface area contributed by atoms with E-state index in [2.05, 4.69) is 46.5 Å². The molecular weight excluding hydrogens is 308 g/mol. The molecule has 114 valence electrons. The number of rotatable bonds is 3. The van der Waals surface area contributed by atoms with Gasteiger partial charge >= 0.3 is 0 Å². The van der Waals surface area contributed by atoms with Gasteiger partial charge < -0.3 is 4.74 Å². The lowest BCUT2D eigenvalue weighted by Gasteiger charge is -2.01. The van der Waals surface area contributed by atoms with E-state index < -0.39 is 0 Å². The van der Waals surface area contributed by atoms with Gasteiger partial charge in [-0.15, -0.1) is 10.2 Å². The van der Waals surface area contributed by atoms with Crippen LogP contribution in [0, 0.1) is 6.92 Å². The molecule has 2 aromatic carbocycles. The average molecular weight is 322 g/mol. The summed E-state index contributed by atoms with van der Waals surface area (Å²) in [5.74, 6) is 1.50. The third-order valence-electron chi connectivity index (χ3n) is 3.62. The van der Waals surface area contributed by atoms with Crippen molar-refractivity contribution in [1.29, 1.82) is 0 Å². The molecule has 0 aliphatic heterocycles. The molecule has 23 heavy (non-hydrogen) atoms. The van der Waals surface area contributed by atoms with Gasteiger partial charge in [0.05, 0.1) is 7.11 Å². The Morgan fingerprint density at radius 3 is 2.61 bits per heavy atom. The molecule has 0 aliphatic carbocycles. The lowest BCUT2D eigenvalue weighted by Crippen LogP contribution is -1.92. The van der Waals surface area contributed by atoms with Crippen LogP contribution in [0.4, 0.5) is 0 Å². The Balaban J connectivity index is 1.81. The second kappa shape index (κ2) is 5.48. The van der Waals surface area contributed by atoms with Crippen LogP contribution in [0.1, 0.15) is 5.56 Å². The van der Waals surface area contributed by atoms with E-state index in [0.29, 0.717) is 5.82 Å². The van der Waals surface area contributed by atoms with Crippen molar-refractivity contribution >= 4 is 16.3 Å². The molecule has 0 saturated carbocycles. The molecule has 0 N–H and O–H groups in total. The lowest BCUT2D eigenvalue weighted by molar-refractivity contribution is 0.415. The maximum atomic E-state index is 5.28. The third-order valence-corrected chi connectivity index (χ3v) is 4.57. The zero-order valence-corrected chi connectivity index (χ0v) is 13.5. The first-order chi connectivity index (χ1) is 11.2. The quantitative estimate of drug-likeness (QED) is 0.575. The van der Waals surface area contributed by atoms with Gasteiger partial charge in [-0.25, -0.2) is 0 Å². The fourth-order valence-electron chi connectivity index (χ4n) is 2.37. The number of ether oxygens (including phenoxy) is 1. The topological polar surface area (TPSA) is 52.3 Å². The summed E-state index contributed by atoms with van der Waals surface area (Å²) >= 11 is 1.53. The van der Waals surface area contributed by atoms with Crippen LogP contribution in [0.15, 0.2) is 48.5 Å². The molecule has 5 nitrogen and oxygen atoms in total. The number of aryl methyl sites for hydroxylation is 1. The number of hydrogen-bond acceptors (Lipinski definition) is 5. The molecule has 0 saturated heterocycles. The zero-order chi connectivity index (χ0) is 15.8. The first kappa shape index (κ1) is 13.9. The summed E-state index contributed by atoms with van der Waals surface area (Å²) in [6.07, 6.45) is 0. The average Bonchev–Trinajstić information content (AvgIpc) is 3.16. The Morgan fingerprint density at radius 1 is 1.00 bits per heavy atom. The van der Waals surface area contributed by atoms with Crippen molar-refractivity contribution < 1.29 is 4.74 Å². The van der Waals surface area contributed by atoms with E-state index in [-0.39, 0.29) is 0 Å². The number of nitrogens with zero attached hydrogens (tertiary/aromatic N) is 4. The lowest BCUT2D eigenvalue weighted by atomic mass is 10.2. The molecule has 0 radical (unpaired) electrons. The normalized spacial score (nSPS) is 11.0. The molecule has 0 fully saturated rings. The van der Waals surface area contributed by atoms with Crippen LogP contribution in [0.25, 0.3) is 26.9 Å². The molecular formula is C17H14N4OS. The van der Waals surface area contributed by atoms with Crippen molar-refractivity contribution in [2.24, 2.45) is 0 Å². The predicted molar refractivity (Wildman–Crippen MR) is 90.8 cm³/mol. The second-order valence-corrected chi connectivity index (χ2v) is 6.18. The highest BCUT2D eigenvalue weighted by Crippen LogP contribution is 2.29. The maximum Gasteiger partial charge on any atom is 0.235 e. The molecule has 2 heterocycles. The summed E-state index contributed by atoms with van der Waals surface area (Å²) in [6.45, 7) is 2.07.